The fourth-order valence-corrected chi connectivity index (χ4v) is 1.70. The lowest BCUT2D eigenvalue weighted by molar-refractivity contribution is 0.122. The summed E-state index contributed by atoms with van der Waals surface area (Å²) in [5, 5.41) is 10.7. The van der Waals surface area contributed by atoms with Gasteiger partial charge in [-0.1, -0.05) is 44.5 Å². The van der Waals surface area contributed by atoms with Crippen molar-refractivity contribution < 1.29 is 5.11 Å². The quantitative estimate of drug-likeness (QED) is 0.805. The SMILES string of the molecule is Cc1ccc(C(O)CC(C)(C)C)cc1Cl. The van der Waals surface area contributed by atoms with E-state index in [1.54, 1.807) is 0 Å². The Kier molecular flexibility index (Phi) is 3.80. The number of aliphatic hydroxyl groups is 1. The molecule has 0 aliphatic rings. The minimum atomic E-state index is -0.428. The summed E-state index contributed by atoms with van der Waals surface area (Å²) in [6, 6.07) is 5.74. The highest BCUT2D eigenvalue weighted by atomic mass is 35.5. The maximum absolute atomic E-state index is 10.0. The van der Waals surface area contributed by atoms with Crippen molar-refractivity contribution >= 4 is 11.6 Å². The van der Waals surface area contributed by atoms with E-state index in [0.29, 0.717) is 0 Å². The Hall–Kier alpha value is -0.530. The number of aliphatic hydroxyl groups excluding tert-OH is 1. The van der Waals surface area contributed by atoms with E-state index in [9.17, 15) is 5.11 Å². The van der Waals surface area contributed by atoms with E-state index in [2.05, 4.69) is 20.8 Å². The van der Waals surface area contributed by atoms with Gasteiger partial charge in [-0.2, -0.15) is 0 Å². The molecule has 1 aromatic rings. The monoisotopic (exact) mass is 226 g/mol. The minimum absolute atomic E-state index is 0.122. The van der Waals surface area contributed by atoms with Crippen LogP contribution in [0.3, 0.4) is 0 Å². The van der Waals surface area contributed by atoms with Crippen LogP contribution >= 0.6 is 11.6 Å². The van der Waals surface area contributed by atoms with Crippen LogP contribution in [0.5, 0.6) is 0 Å². The Bertz CT molecular complexity index is 339. The number of halogens is 1. The normalized spacial score (nSPS) is 14.0. The summed E-state index contributed by atoms with van der Waals surface area (Å²) in [5.74, 6) is 0. The summed E-state index contributed by atoms with van der Waals surface area (Å²) in [7, 11) is 0. The first kappa shape index (κ1) is 12.5. The zero-order chi connectivity index (χ0) is 11.6. The van der Waals surface area contributed by atoms with Gasteiger partial charge in [0.2, 0.25) is 0 Å². The lowest BCUT2D eigenvalue weighted by Crippen LogP contribution is -2.11. The van der Waals surface area contributed by atoms with E-state index in [0.717, 1.165) is 22.6 Å². The molecule has 0 radical (unpaired) electrons. The lowest BCUT2D eigenvalue weighted by Gasteiger charge is -2.22. The smallest absolute Gasteiger partial charge is 0.0795 e. The average molecular weight is 227 g/mol. The van der Waals surface area contributed by atoms with Crippen molar-refractivity contribution in [2.75, 3.05) is 0 Å². The predicted molar refractivity (Wildman–Crippen MR) is 65.2 cm³/mol. The van der Waals surface area contributed by atoms with Gasteiger partial charge in [0.25, 0.3) is 0 Å². The molecule has 0 bridgehead atoms. The van der Waals surface area contributed by atoms with Gasteiger partial charge in [0.15, 0.2) is 0 Å². The third-order valence-electron chi connectivity index (χ3n) is 2.39. The molecule has 15 heavy (non-hydrogen) atoms. The van der Waals surface area contributed by atoms with Crippen molar-refractivity contribution in [2.45, 2.75) is 40.2 Å². The zero-order valence-electron chi connectivity index (χ0n) is 9.84. The molecule has 0 aromatic heterocycles. The number of aryl methyl sites for hydroxylation is 1. The first-order chi connectivity index (χ1) is 6.79. The maximum Gasteiger partial charge on any atom is 0.0795 e. The van der Waals surface area contributed by atoms with Gasteiger partial charge in [0, 0.05) is 5.02 Å². The molecule has 84 valence electrons. The van der Waals surface area contributed by atoms with Crippen LogP contribution in [-0.4, -0.2) is 5.11 Å². The Morgan fingerprint density at radius 2 is 1.93 bits per heavy atom. The molecule has 0 spiro atoms. The van der Waals surface area contributed by atoms with Crippen molar-refractivity contribution in [3.05, 3.63) is 34.3 Å². The van der Waals surface area contributed by atoms with Crippen LogP contribution in [-0.2, 0) is 0 Å². The highest BCUT2D eigenvalue weighted by Crippen LogP contribution is 2.30. The molecule has 1 aromatic carbocycles. The van der Waals surface area contributed by atoms with Crippen molar-refractivity contribution in [1.82, 2.24) is 0 Å². The van der Waals surface area contributed by atoms with Crippen LogP contribution in [0, 0.1) is 12.3 Å². The third-order valence-corrected chi connectivity index (χ3v) is 2.79. The molecule has 0 saturated carbocycles. The van der Waals surface area contributed by atoms with Gasteiger partial charge in [-0.3, -0.25) is 0 Å². The second-order valence-electron chi connectivity index (χ2n) is 5.29. The van der Waals surface area contributed by atoms with Gasteiger partial charge in [0.1, 0.15) is 0 Å². The van der Waals surface area contributed by atoms with Crippen LogP contribution in [0.15, 0.2) is 18.2 Å². The minimum Gasteiger partial charge on any atom is -0.388 e. The Balaban J connectivity index is 2.83. The van der Waals surface area contributed by atoms with Crippen LogP contribution in [0.25, 0.3) is 0 Å². The highest BCUT2D eigenvalue weighted by Gasteiger charge is 2.18. The largest absolute Gasteiger partial charge is 0.388 e. The molecule has 0 aliphatic heterocycles. The van der Waals surface area contributed by atoms with E-state index in [1.165, 1.54) is 0 Å². The summed E-state index contributed by atoms with van der Waals surface area (Å²) >= 11 is 6.02. The Morgan fingerprint density at radius 3 is 2.40 bits per heavy atom. The van der Waals surface area contributed by atoms with E-state index in [-0.39, 0.29) is 5.41 Å². The standard InChI is InChI=1S/C13H19ClO/c1-9-5-6-10(7-11(9)14)12(15)8-13(2,3)4/h5-7,12,15H,8H2,1-4H3. The molecule has 1 nitrogen and oxygen atoms in total. The molecule has 1 unspecified atom stereocenters. The molecule has 0 fully saturated rings. The Labute approximate surface area is 97.1 Å². The molecule has 1 N–H and O–H groups in total. The fourth-order valence-electron chi connectivity index (χ4n) is 1.51. The summed E-state index contributed by atoms with van der Waals surface area (Å²) < 4.78 is 0. The van der Waals surface area contributed by atoms with Crippen LogP contribution < -0.4 is 0 Å². The van der Waals surface area contributed by atoms with E-state index < -0.39 is 6.10 Å². The van der Waals surface area contributed by atoms with E-state index in [4.69, 9.17) is 11.6 Å². The Morgan fingerprint density at radius 1 is 1.33 bits per heavy atom. The summed E-state index contributed by atoms with van der Waals surface area (Å²) in [4.78, 5) is 0. The second-order valence-corrected chi connectivity index (χ2v) is 5.70. The number of hydrogen-bond acceptors (Lipinski definition) is 1. The predicted octanol–water partition coefficient (Wildman–Crippen LogP) is 4.12. The summed E-state index contributed by atoms with van der Waals surface area (Å²) in [5.41, 5.74) is 2.07. The lowest BCUT2D eigenvalue weighted by atomic mass is 9.87. The topological polar surface area (TPSA) is 20.2 Å². The third kappa shape index (κ3) is 3.84. The van der Waals surface area contributed by atoms with Crippen LogP contribution in [0.1, 0.15) is 44.4 Å². The van der Waals surface area contributed by atoms with Crippen molar-refractivity contribution in [2.24, 2.45) is 5.41 Å². The van der Waals surface area contributed by atoms with Crippen molar-refractivity contribution in [3.63, 3.8) is 0 Å². The number of benzene rings is 1. The molecule has 0 heterocycles. The molecule has 1 atom stereocenters. The first-order valence-corrected chi connectivity index (χ1v) is 5.61. The van der Waals surface area contributed by atoms with Gasteiger partial charge in [-0.25, -0.2) is 0 Å². The van der Waals surface area contributed by atoms with Crippen molar-refractivity contribution in [3.8, 4) is 0 Å². The number of rotatable bonds is 2. The van der Waals surface area contributed by atoms with Gasteiger partial charge >= 0.3 is 0 Å². The highest BCUT2D eigenvalue weighted by molar-refractivity contribution is 6.31. The van der Waals surface area contributed by atoms with Gasteiger partial charge < -0.3 is 5.11 Å². The summed E-state index contributed by atoms with van der Waals surface area (Å²) in [6.07, 6.45) is 0.315. The molecule has 0 aliphatic carbocycles. The average Bonchev–Trinajstić information content (AvgIpc) is 2.06. The molecule has 1 rings (SSSR count). The molecular weight excluding hydrogens is 208 g/mol. The summed E-state index contributed by atoms with van der Waals surface area (Å²) in [6.45, 7) is 8.31. The number of hydrogen-bond donors (Lipinski definition) is 1. The molecular formula is C13H19ClO. The van der Waals surface area contributed by atoms with Crippen molar-refractivity contribution in [1.29, 1.82) is 0 Å². The zero-order valence-corrected chi connectivity index (χ0v) is 10.6. The van der Waals surface area contributed by atoms with E-state index in [1.807, 2.05) is 25.1 Å². The second kappa shape index (κ2) is 4.54. The van der Waals surface area contributed by atoms with E-state index >= 15 is 0 Å². The molecule has 0 saturated heterocycles. The first-order valence-electron chi connectivity index (χ1n) is 5.24. The molecule has 2 heteroatoms. The van der Waals surface area contributed by atoms with Gasteiger partial charge in [0.05, 0.1) is 6.10 Å². The van der Waals surface area contributed by atoms with Gasteiger partial charge in [-0.05, 0) is 36.0 Å². The molecule has 0 amide bonds. The maximum atomic E-state index is 10.0. The fraction of sp³-hybridized carbons (Fsp3) is 0.538. The van der Waals surface area contributed by atoms with Gasteiger partial charge in [-0.15, -0.1) is 0 Å². The van der Waals surface area contributed by atoms with Crippen LogP contribution in [0.4, 0.5) is 0 Å². The van der Waals surface area contributed by atoms with Crippen LogP contribution in [0.2, 0.25) is 5.02 Å².